The summed E-state index contributed by atoms with van der Waals surface area (Å²) < 4.78 is 25.0. The van der Waals surface area contributed by atoms with Crippen LogP contribution in [0.3, 0.4) is 0 Å². The molecule has 1 heterocycles. The SMILES string of the molecule is CS(=O)(=O)N1CCCC(CN(CCCCl)C2CCC2)C1. The van der Waals surface area contributed by atoms with Crippen molar-refractivity contribution in [1.29, 1.82) is 0 Å². The van der Waals surface area contributed by atoms with Crippen LogP contribution in [-0.2, 0) is 10.0 Å². The highest BCUT2D eigenvalue weighted by molar-refractivity contribution is 7.88. The fraction of sp³-hybridized carbons (Fsp3) is 1.00. The molecule has 118 valence electrons. The number of nitrogens with zero attached hydrogens (tertiary/aromatic N) is 2. The number of rotatable bonds is 7. The van der Waals surface area contributed by atoms with Crippen LogP contribution in [0.1, 0.15) is 38.5 Å². The Hall–Kier alpha value is 0.160. The topological polar surface area (TPSA) is 40.6 Å². The lowest BCUT2D eigenvalue weighted by molar-refractivity contribution is 0.0920. The molecule has 1 aliphatic carbocycles. The van der Waals surface area contributed by atoms with Crippen LogP contribution >= 0.6 is 11.6 Å². The second-order valence-electron chi connectivity index (χ2n) is 6.25. The normalized spacial score (nSPS) is 25.9. The van der Waals surface area contributed by atoms with Crippen LogP contribution in [0, 0.1) is 5.92 Å². The molecule has 20 heavy (non-hydrogen) atoms. The molecule has 0 radical (unpaired) electrons. The minimum Gasteiger partial charge on any atom is -0.300 e. The van der Waals surface area contributed by atoms with Gasteiger partial charge < -0.3 is 4.90 Å². The zero-order valence-electron chi connectivity index (χ0n) is 12.4. The lowest BCUT2D eigenvalue weighted by Gasteiger charge is -2.41. The highest BCUT2D eigenvalue weighted by atomic mass is 35.5. The zero-order valence-corrected chi connectivity index (χ0v) is 14.0. The molecule has 2 rings (SSSR count). The number of piperidine rings is 1. The van der Waals surface area contributed by atoms with E-state index in [1.54, 1.807) is 4.31 Å². The summed E-state index contributed by atoms with van der Waals surface area (Å²) in [4.78, 5) is 2.56. The maximum absolute atomic E-state index is 11.7. The summed E-state index contributed by atoms with van der Waals surface area (Å²) in [5, 5.41) is 0. The molecule has 1 aliphatic heterocycles. The molecule has 1 atom stereocenters. The summed E-state index contributed by atoms with van der Waals surface area (Å²) in [7, 11) is -3.03. The second-order valence-corrected chi connectivity index (χ2v) is 8.61. The maximum atomic E-state index is 11.7. The van der Waals surface area contributed by atoms with Gasteiger partial charge in [-0.15, -0.1) is 11.6 Å². The summed E-state index contributed by atoms with van der Waals surface area (Å²) in [6.45, 7) is 3.49. The number of hydrogen-bond donors (Lipinski definition) is 0. The van der Waals surface area contributed by atoms with E-state index in [9.17, 15) is 8.42 Å². The molecule has 2 aliphatic rings. The van der Waals surface area contributed by atoms with Gasteiger partial charge in [0.05, 0.1) is 6.26 Å². The second kappa shape index (κ2) is 7.43. The molecule has 6 heteroatoms. The molecule has 2 fully saturated rings. The van der Waals surface area contributed by atoms with Crippen LogP contribution < -0.4 is 0 Å². The summed E-state index contributed by atoms with van der Waals surface area (Å²) in [5.74, 6) is 1.19. The predicted octanol–water partition coefficient (Wildman–Crippen LogP) is 2.14. The minimum atomic E-state index is -3.03. The van der Waals surface area contributed by atoms with E-state index in [-0.39, 0.29) is 0 Å². The molecule has 1 unspecified atom stereocenters. The van der Waals surface area contributed by atoms with Crippen LogP contribution in [0.25, 0.3) is 0 Å². The van der Waals surface area contributed by atoms with Crippen LogP contribution in [0.5, 0.6) is 0 Å². The third-order valence-corrected chi connectivity index (χ3v) is 6.15. The van der Waals surface area contributed by atoms with E-state index in [2.05, 4.69) is 4.90 Å². The van der Waals surface area contributed by atoms with Crippen molar-refractivity contribution in [3.8, 4) is 0 Å². The van der Waals surface area contributed by atoms with Crippen molar-refractivity contribution in [3.63, 3.8) is 0 Å². The van der Waals surface area contributed by atoms with E-state index in [1.165, 1.54) is 25.5 Å². The molecule has 0 bridgehead atoms. The Balaban J connectivity index is 1.88. The zero-order chi connectivity index (χ0) is 14.6. The molecule has 0 aromatic rings. The van der Waals surface area contributed by atoms with Gasteiger partial charge in [0.2, 0.25) is 10.0 Å². The first kappa shape index (κ1) is 16.5. The molecule has 1 saturated carbocycles. The van der Waals surface area contributed by atoms with Crippen molar-refractivity contribution < 1.29 is 8.42 Å². The number of halogens is 1. The van der Waals surface area contributed by atoms with Crippen LogP contribution in [0.15, 0.2) is 0 Å². The average Bonchev–Trinajstić information content (AvgIpc) is 2.33. The first-order valence-electron chi connectivity index (χ1n) is 7.76. The van der Waals surface area contributed by atoms with E-state index in [4.69, 9.17) is 11.6 Å². The number of sulfonamides is 1. The summed E-state index contributed by atoms with van der Waals surface area (Å²) in [6, 6.07) is 0.715. The Kier molecular flexibility index (Phi) is 6.14. The molecule has 0 aromatic heterocycles. The van der Waals surface area contributed by atoms with Crippen molar-refractivity contribution in [1.82, 2.24) is 9.21 Å². The number of hydrogen-bond acceptors (Lipinski definition) is 3. The van der Waals surface area contributed by atoms with Crippen molar-refractivity contribution in [3.05, 3.63) is 0 Å². The molecule has 0 spiro atoms. The summed E-state index contributed by atoms with van der Waals surface area (Å²) >= 11 is 5.82. The maximum Gasteiger partial charge on any atom is 0.211 e. The van der Waals surface area contributed by atoms with Gasteiger partial charge in [-0.3, -0.25) is 0 Å². The van der Waals surface area contributed by atoms with E-state index in [1.807, 2.05) is 0 Å². The fourth-order valence-corrected chi connectivity index (χ4v) is 4.31. The molecular weight excluding hydrogens is 296 g/mol. The molecule has 0 amide bonds. The third-order valence-electron chi connectivity index (χ3n) is 4.61. The molecule has 4 nitrogen and oxygen atoms in total. The molecular formula is C14H27ClN2O2S. The van der Waals surface area contributed by atoms with Gasteiger partial charge in [-0.05, 0) is 44.6 Å². The van der Waals surface area contributed by atoms with Gasteiger partial charge in [0, 0.05) is 31.6 Å². The monoisotopic (exact) mass is 322 g/mol. The molecule has 0 aromatic carbocycles. The highest BCUT2D eigenvalue weighted by Crippen LogP contribution is 2.28. The average molecular weight is 323 g/mol. The van der Waals surface area contributed by atoms with Crippen molar-refractivity contribution in [2.45, 2.75) is 44.6 Å². The van der Waals surface area contributed by atoms with E-state index in [0.29, 0.717) is 30.9 Å². The summed E-state index contributed by atoms with van der Waals surface area (Å²) in [5.41, 5.74) is 0. The fourth-order valence-electron chi connectivity index (χ4n) is 3.25. The van der Waals surface area contributed by atoms with Crippen LogP contribution in [-0.4, -0.2) is 62.0 Å². The van der Waals surface area contributed by atoms with Crippen LogP contribution in [0.4, 0.5) is 0 Å². The Morgan fingerprint density at radius 1 is 1.25 bits per heavy atom. The largest absolute Gasteiger partial charge is 0.300 e. The van der Waals surface area contributed by atoms with Gasteiger partial charge >= 0.3 is 0 Å². The predicted molar refractivity (Wildman–Crippen MR) is 83.7 cm³/mol. The van der Waals surface area contributed by atoms with Crippen molar-refractivity contribution in [2.75, 3.05) is 38.3 Å². The minimum absolute atomic E-state index is 0.481. The van der Waals surface area contributed by atoms with Gasteiger partial charge in [0.1, 0.15) is 0 Å². The van der Waals surface area contributed by atoms with E-state index in [0.717, 1.165) is 32.4 Å². The Labute approximate surface area is 128 Å². The van der Waals surface area contributed by atoms with Gasteiger partial charge in [0.25, 0.3) is 0 Å². The quantitative estimate of drug-likeness (QED) is 0.674. The number of alkyl halides is 1. The lowest BCUT2D eigenvalue weighted by Crippen LogP contribution is -2.47. The Bertz CT molecular complexity index is 398. The first-order valence-corrected chi connectivity index (χ1v) is 10.1. The first-order chi connectivity index (χ1) is 9.50. The van der Waals surface area contributed by atoms with Gasteiger partial charge in [-0.1, -0.05) is 6.42 Å². The third kappa shape index (κ3) is 4.58. The smallest absolute Gasteiger partial charge is 0.211 e. The van der Waals surface area contributed by atoms with E-state index < -0.39 is 10.0 Å². The van der Waals surface area contributed by atoms with Crippen molar-refractivity contribution >= 4 is 21.6 Å². The molecule has 0 N–H and O–H groups in total. The Morgan fingerprint density at radius 3 is 2.55 bits per heavy atom. The standard InChI is InChI=1S/C14H27ClN2O2S/c1-20(18,19)17-10-3-5-13(12-17)11-16(9-4-8-15)14-6-2-7-14/h13-14H,2-12H2,1H3. The summed E-state index contributed by atoms with van der Waals surface area (Å²) in [6.07, 6.45) is 8.42. The molecule has 1 saturated heterocycles. The van der Waals surface area contributed by atoms with Crippen molar-refractivity contribution in [2.24, 2.45) is 5.92 Å². The Morgan fingerprint density at radius 2 is 2.00 bits per heavy atom. The highest BCUT2D eigenvalue weighted by Gasteiger charge is 2.30. The van der Waals surface area contributed by atoms with Crippen LogP contribution in [0.2, 0.25) is 0 Å². The van der Waals surface area contributed by atoms with E-state index >= 15 is 0 Å². The lowest BCUT2D eigenvalue weighted by atomic mass is 9.89. The van der Waals surface area contributed by atoms with Gasteiger partial charge in [0.15, 0.2) is 0 Å². The van der Waals surface area contributed by atoms with Gasteiger partial charge in [-0.25, -0.2) is 12.7 Å². The van der Waals surface area contributed by atoms with Gasteiger partial charge in [-0.2, -0.15) is 0 Å².